The summed E-state index contributed by atoms with van der Waals surface area (Å²) in [6.45, 7) is 2.39. The molecule has 30 heavy (non-hydrogen) atoms. The van der Waals surface area contributed by atoms with E-state index in [1.54, 1.807) is 37.3 Å². The molecule has 3 aromatic carbocycles. The van der Waals surface area contributed by atoms with Crippen LogP contribution in [0, 0.1) is 6.92 Å². The molecule has 0 unspecified atom stereocenters. The minimum Gasteiger partial charge on any atom is -0.380 e. The number of amides is 1. The Bertz CT molecular complexity index is 1170. The smallest absolute Gasteiger partial charge is 0.255 e. The summed E-state index contributed by atoms with van der Waals surface area (Å²) in [5, 5.41) is 6.53. The highest BCUT2D eigenvalue weighted by atomic mass is 35.5. The van der Waals surface area contributed by atoms with Gasteiger partial charge in [0, 0.05) is 17.8 Å². The van der Waals surface area contributed by atoms with Crippen molar-refractivity contribution in [3.8, 4) is 0 Å². The first kappa shape index (κ1) is 21.7. The maximum Gasteiger partial charge on any atom is 0.255 e. The number of hydrogen-bond donors (Lipinski definition) is 3. The van der Waals surface area contributed by atoms with Crippen LogP contribution in [0.1, 0.15) is 21.5 Å². The molecule has 0 heterocycles. The monoisotopic (exact) mass is 443 g/mol. The zero-order valence-corrected chi connectivity index (χ0v) is 18.1. The number of aryl methyl sites for hydroxylation is 1. The van der Waals surface area contributed by atoms with Crippen LogP contribution in [0.4, 0.5) is 17.1 Å². The summed E-state index contributed by atoms with van der Waals surface area (Å²) < 4.78 is 25.4. The van der Waals surface area contributed by atoms with Crippen LogP contribution in [-0.4, -0.2) is 20.6 Å². The molecule has 0 aliphatic carbocycles. The highest BCUT2D eigenvalue weighted by Gasteiger charge is 2.12. The molecule has 0 saturated heterocycles. The van der Waals surface area contributed by atoms with E-state index >= 15 is 0 Å². The highest BCUT2D eigenvalue weighted by molar-refractivity contribution is 7.92. The Morgan fingerprint density at radius 1 is 0.967 bits per heavy atom. The van der Waals surface area contributed by atoms with E-state index in [-0.39, 0.29) is 5.91 Å². The zero-order valence-electron chi connectivity index (χ0n) is 16.6. The molecule has 1 amide bonds. The Hall–Kier alpha value is -3.03. The molecule has 0 saturated carbocycles. The van der Waals surface area contributed by atoms with E-state index < -0.39 is 10.0 Å². The van der Waals surface area contributed by atoms with Crippen molar-refractivity contribution in [2.24, 2.45) is 0 Å². The molecule has 3 aromatic rings. The average Bonchev–Trinajstić information content (AvgIpc) is 2.69. The molecule has 3 rings (SSSR count). The molecule has 0 aliphatic rings. The number of hydrogen-bond acceptors (Lipinski definition) is 4. The second kappa shape index (κ2) is 9.19. The maximum atomic E-state index is 12.6. The number of carbonyl (C=O) groups is 1. The van der Waals surface area contributed by atoms with Crippen molar-refractivity contribution >= 4 is 44.6 Å². The van der Waals surface area contributed by atoms with Gasteiger partial charge in [-0.15, -0.1) is 0 Å². The van der Waals surface area contributed by atoms with Crippen molar-refractivity contribution in [3.05, 3.63) is 88.4 Å². The summed E-state index contributed by atoms with van der Waals surface area (Å²) >= 11 is 6.35. The number of sulfonamides is 1. The largest absolute Gasteiger partial charge is 0.380 e. The third kappa shape index (κ3) is 5.98. The second-order valence-corrected chi connectivity index (χ2v) is 9.05. The summed E-state index contributed by atoms with van der Waals surface area (Å²) in [6.07, 6.45) is 1.06. The molecular formula is C22H22ClN3O3S. The van der Waals surface area contributed by atoms with Crippen LogP contribution < -0.4 is 15.4 Å². The number of anilines is 3. The van der Waals surface area contributed by atoms with Gasteiger partial charge in [-0.2, -0.15) is 0 Å². The van der Waals surface area contributed by atoms with Gasteiger partial charge in [0.15, 0.2) is 0 Å². The predicted octanol–water partition coefficient (Wildman–Crippen LogP) is 4.88. The number of carbonyl (C=O) groups excluding carboxylic acids is 1. The van der Waals surface area contributed by atoms with E-state index in [0.29, 0.717) is 34.1 Å². The predicted molar refractivity (Wildman–Crippen MR) is 123 cm³/mol. The van der Waals surface area contributed by atoms with Gasteiger partial charge in [0.1, 0.15) is 0 Å². The van der Waals surface area contributed by atoms with Gasteiger partial charge in [-0.05, 0) is 48.4 Å². The van der Waals surface area contributed by atoms with Crippen LogP contribution in [0.3, 0.4) is 0 Å². The molecule has 6 nitrogen and oxygen atoms in total. The van der Waals surface area contributed by atoms with E-state index in [1.807, 2.05) is 30.3 Å². The number of nitrogens with one attached hydrogen (secondary N) is 3. The molecule has 0 fully saturated rings. The molecule has 0 aliphatic heterocycles. The summed E-state index contributed by atoms with van der Waals surface area (Å²) in [4.78, 5) is 12.6. The molecule has 0 spiro atoms. The summed E-state index contributed by atoms with van der Waals surface area (Å²) in [6, 6.07) is 20.0. The van der Waals surface area contributed by atoms with Gasteiger partial charge in [0.2, 0.25) is 10.0 Å². The van der Waals surface area contributed by atoms with Gasteiger partial charge < -0.3 is 10.6 Å². The van der Waals surface area contributed by atoms with Gasteiger partial charge in [0.05, 0.1) is 22.7 Å². The molecule has 0 bridgehead atoms. The van der Waals surface area contributed by atoms with Gasteiger partial charge in [-0.3, -0.25) is 9.52 Å². The van der Waals surface area contributed by atoms with Crippen molar-refractivity contribution in [2.45, 2.75) is 13.5 Å². The number of halogens is 1. The minimum absolute atomic E-state index is 0.328. The Kier molecular flexibility index (Phi) is 6.64. The maximum absolute atomic E-state index is 12.6. The topological polar surface area (TPSA) is 87.3 Å². The van der Waals surface area contributed by atoms with Crippen molar-refractivity contribution in [1.82, 2.24) is 0 Å². The Balaban J connectivity index is 1.69. The molecule has 156 valence electrons. The lowest BCUT2D eigenvalue weighted by atomic mass is 10.1. The molecule has 8 heteroatoms. The van der Waals surface area contributed by atoms with Gasteiger partial charge >= 0.3 is 0 Å². The van der Waals surface area contributed by atoms with Crippen LogP contribution in [0.2, 0.25) is 5.02 Å². The summed E-state index contributed by atoms with van der Waals surface area (Å²) in [7, 11) is -3.44. The molecule has 0 atom stereocenters. The Labute approximate surface area is 181 Å². The van der Waals surface area contributed by atoms with E-state index in [9.17, 15) is 13.2 Å². The fourth-order valence-electron chi connectivity index (χ4n) is 2.81. The van der Waals surface area contributed by atoms with Crippen molar-refractivity contribution in [1.29, 1.82) is 0 Å². The lowest BCUT2D eigenvalue weighted by Gasteiger charge is -2.12. The van der Waals surface area contributed by atoms with Gasteiger partial charge in [0.25, 0.3) is 5.91 Å². The SMILES string of the molecule is Cc1ccc(C(=O)Nc2ccc(NCc3ccccc3)c(Cl)c2)cc1NS(C)(=O)=O. The quantitative estimate of drug-likeness (QED) is 0.485. The van der Waals surface area contributed by atoms with Crippen molar-refractivity contribution in [3.63, 3.8) is 0 Å². The van der Waals surface area contributed by atoms with Crippen molar-refractivity contribution in [2.75, 3.05) is 21.6 Å². The molecular weight excluding hydrogens is 422 g/mol. The van der Waals surface area contributed by atoms with Crippen LogP contribution >= 0.6 is 11.6 Å². The Morgan fingerprint density at radius 2 is 1.70 bits per heavy atom. The first-order chi connectivity index (χ1) is 14.2. The summed E-state index contributed by atoms with van der Waals surface area (Å²) in [5.41, 5.74) is 3.83. The normalized spacial score (nSPS) is 11.0. The van der Waals surface area contributed by atoms with Gasteiger partial charge in [-0.1, -0.05) is 48.0 Å². The standard InChI is InChI=1S/C22H22ClN3O3S/c1-15-8-9-17(12-21(15)26-30(2,28)29)22(27)25-18-10-11-20(19(23)13-18)24-14-16-6-4-3-5-7-16/h3-13,24,26H,14H2,1-2H3,(H,25,27). The fourth-order valence-corrected chi connectivity index (χ4v) is 3.67. The lowest BCUT2D eigenvalue weighted by Crippen LogP contribution is -2.14. The second-order valence-electron chi connectivity index (χ2n) is 6.89. The first-order valence-corrected chi connectivity index (χ1v) is 11.5. The Morgan fingerprint density at radius 3 is 2.37 bits per heavy atom. The van der Waals surface area contributed by atoms with E-state index in [0.717, 1.165) is 17.5 Å². The third-order valence-electron chi connectivity index (χ3n) is 4.35. The lowest BCUT2D eigenvalue weighted by molar-refractivity contribution is 0.102. The van der Waals surface area contributed by atoms with Crippen LogP contribution in [0.25, 0.3) is 0 Å². The average molecular weight is 444 g/mol. The fraction of sp³-hybridized carbons (Fsp3) is 0.136. The van der Waals surface area contributed by atoms with E-state index in [2.05, 4.69) is 15.4 Å². The molecule has 3 N–H and O–H groups in total. The van der Waals surface area contributed by atoms with Crippen LogP contribution in [0.5, 0.6) is 0 Å². The first-order valence-electron chi connectivity index (χ1n) is 9.18. The van der Waals surface area contributed by atoms with Crippen LogP contribution in [-0.2, 0) is 16.6 Å². The van der Waals surface area contributed by atoms with Gasteiger partial charge in [-0.25, -0.2) is 8.42 Å². The third-order valence-corrected chi connectivity index (χ3v) is 5.25. The molecule has 0 radical (unpaired) electrons. The molecule has 0 aromatic heterocycles. The summed E-state index contributed by atoms with van der Waals surface area (Å²) in [5.74, 6) is -0.368. The highest BCUT2D eigenvalue weighted by Crippen LogP contribution is 2.27. The zero-order chi connectivity index (χ0) is 21.7. The van der Waals surface area contributed by atoms with Crippen molar-refractivity contribution < 1.29 is 13.2 Å². The number of rotatable bonds is 7. The number of benzene rings is 3. The minimum atomic E-state index is -3.44. The van der Waals surface area contributed by atoms with E-state index in [1.165, 1.54) is 6.07 Å². The van der Waals surface area contributed by atoms with Crippen LogP contribution in [0.15, 0.2) is 66.7 Å². The van der Waals surface area contributed by atoms with E-state index in [4.69, 9.17) is 11.6 Å².